The number of rotatable bonds is 2. The van der Waals surface area contributed by atoms with Crippen molar-refractivity contribution >= 4 is 33.1 Å². The lowest BCUT2D eigenvalue weighted by atomic mass is 10.2. The Hall–Kier alpha value is -1.43. The van der Waals surface area contributed by atoms with E-state index in [1.165, 1.54) is 12.1 Å². The highest BCUT2D eigenvalue weighted by Crippen LogP contribution is 2.19. The minimum atomic E-state index is -0.220. The molecule has 18 heavy (non-hydrogen) atoms. The van der Waals surface area contributed by atoms with Crippen LogP contribution in [-0.4, -0.2) is 36.2 Å². The fourth-order valence-corrected chi connectivity index (χ4v) is 2.12. The molecule has 2 rings (SSSR count). The molecule has 0 spiro atoms. The van der Waals surface area contributed by atoms with Gasteiger partial charge in [-0.2, -0.15) is 0 Å². The van der Waals surface area contributed by atoms with Crippen LogP contribution in [0, 0.1) is 5.82 Å². The van der Waals surface area contributed by atoms with Gasteiger partial charge < -0.3 is 4.90 Å². The van der Waals surface area contributed by atoms with Crippen molar-refractivity contribution in [1.29, 1.82) is 0 Å². The molecule has 0 bridgehead atoms. The van der Waals surface area contributed by atoms with Crippen molar-refractivity contribution in [1.82, 2.24) is 5.01 Å². The predicted octanol–water partition coefficient (Wildman–Crippen LogP) is 2.66. The number of benzene rings is 1. The van der Waals surface area contributed by atoms with Gasteiger partial charge in [0.05, 0.1) is 0 Å². The lowest BCUT2D eigenvalue weighted by Gasteiger charge is -2.35. The van der Waals surface area contributed by atoms with E-state index in [9.17, 15) is 4.39 Å². The molecule has 1 aromatic carbocycles. The van der Waals surface area contributed by atoms with Gasteiger partial charge in [0.25, 0.3) is 0 Å². The number of aliphatic imine (C=N–C) groups is 1. The first kappa shape index (κ1) is 13.0. The summed E-state index contributed by atoms with van der Waals surface area (Å²) in [5.41, 5.74) is 0.873. The monoisotopic (exact) mass is 312 g/mol. The molecule has 1 aliphatic heterocycles. The second-order valence-corrected chi connectivity index (χ2v) is 4.70. The molecule has 1 saturated heterocycles. The van der Waals surface area contributed by atoms with Crippen molar-refractivity contribution in [3.05, 3.63) is 30.1 Å². The number of halogens is 2. The third-order valence-corrected chi connectivity index (χ3v) is 3.12. The first-order chi connectivity index (χ1) is 8.69. The van der Waals surface area contributed by atoms with Gasteiger partial charge in [0.15, 0.2) is 0 Å². The molecular weight excluding hydrogens is 299 g/mol. The molecule has 0 unspecified atom stereocenters. The summed E-state index contributed by atoms with van der Waals surface area (Å²) in [5, 5.41) is 6.14. The van der Waals surface area contributed by atoms with Crippen LogP contribution >= 0.6 is 15.9 Å². The van der Waals surface area contributed by atoms with E-state index < -0.39 is 0 Å². The van der Waals surface area contributed by atoms with Crippen molar-refractivity contribution in [2.24, 2.45) is 10.1 Å². The van der Waals surface area contributed by atoms with Gasteiger partial charge in [-0.05, 0) is 47.3 Å². The second-order valence-electron chi connectivity index (χ2n) is 4.00. The van der Waals surface area contributed by atoms with Crippen LogP contribution in [0.2, 0.25) is 0 Å². The Morgan fingerprint density at radius 3 is 2.94 bits per heavy atom. The molecule has 4 nitrogen and oxygen atoms in total. The SMILES string of the molecule is C=N/C(Br)=N\N1CCCN(c2cccc(F)c2)C1. The number of anilines is 1. The highest BCUT2D eigenvalue weighted by Gasteiger charge is 2.17. The largest absolute Gasteiger partial charge is 0.352 e. The van der Waals surface area contributed by atoms with E-state index in [2.05, 4.69) is 37.6 Å². The summed E-state index contributed by atoms with van der Waals surface area (Å²) < 4.78 is 13.6. The molecule has 0 saturated carbocycles. The van der Waals surface area contributed by atoms with Gasteiger partial charge in [0.2, 0.25) is 4.74 Å². The molecular formula is C12H14BrFN4. The minimum Gasteiger partial charge on any atom is -0.352 e. The van der Waals surface area contributed by atoms with E-state index in [0.29, 0.717) is 11.4 Å². The number of nitrogens with zero attached hydrogens (tertiary/aromatic N) is 4. The quantitative estimate of drug-likeness (QED) is 0.477. The van der Waals surface area contributed by atoms with E-state index in [1.54, 1.807) is 6.07 Å². The second kappa shape index (κ2) is 5.95. The van der Waals surface area contributed by atoms with Crippen LogP contribution in [0.1, 0.15) is 6.42 Å². The van der Waals surface area contributed by atoms with E-state index >= 15 is 0 Å². The van der Waals surface area contributed by atoms with Crippen LogP contribution in [0.5, 0.6) is 0 Å². The smallest absolute Gasteiger partial charge is 0.214 e. The predicted molar refractivity (Wildman–Crippen MR) is 75.8 cm³/mol. The van der Waals surface area contributed by atoms with Gasteiger partial charge in [0.1, 0.15) is 12.5 Å². The van der Waals surface area contributed by atoms with E-state index in [1.807, 2.05) is 11.1 Å². The normalized spacial score (nSPS) is 16.9. The molecule has 96 valence electrons. The highest BCUT2D eigenvalue weighted by molar-refractivity contribution is 9.18. The summed E-state index contributed by atoms with van der Waals surface area (Å²) >= 11 is 3.20. The van der Waals surface area contributed by atoms with Crippen LogP contribution < -0.4 is 4.90 Å². The van der Waals surface area contributed by atoms with Crippen molar-refractivity contribution < 1.29 is 4.39 Å². The minimum absolute atomic E-state index is 0.220. The van der Waals surface area contributed by atoms with Gasteiger partial charge >= 0.3 is 0 Å². The molecule has 0 radical (unpaired) electrons. The fourth-order valence-electron chi connectivity index (χ4n) is 1.90. The standard InChI is InChI=1S/C12H14BrFN4/c1-15-12(13)16-18-7-3-6-17(9-18)11-5-2-4-10(14)8-11/h2,4-5,8H,1,3,6-7,9H2/b16-12-. The maximum atomic E-state index is 13.2. The van der Waals surface area contributed by atoms with Crippen LogP contribution in [0.25, 0.3) is 0 Å². The summed E-state index contributed by atoms with van der Waals surface area (Å²) in [6, 6.07) is 6.60. The Kier molecular flexibility index (Phi) is 4.30. The zero-order chi connectivity index (χ0) is 13.0. The Balaban J connectivity index is 2.09. The summed E-state index contributed by atoms with van der Waals surface area (Å²) in [7, 11) is 0. The Morgan fingerprint density at radius 2 is 2.22 bits per heavy atom. The van der Waals surface area contributed by atoms with Gasteiger partial charge in [-0.1, -0.05) is 6.07 Å². The van der Waals surface area contributed by atoms with E-state index in [-0.39, 0.29) is 5.82 Å². The molecule has 0 N–H and O–H groups in total. The summed E-state index contributed by atoms with van der Waals surface area (Å²) in [6.07, 6.45) is 0.970. The Bertz CT molecular complexity index is 463. The topological polar surface area (TPSA) is 31.2 Å². The number of amidine groups is 1. The molecule has 0 atom stereocenters. The van der Waals surface area contributed by atoms with Gasteiger partial charge in [-0.15, -0.1) is 5.10 Å². The molecule has 6 heteroatoms. The lowest BCUT2D eigenvalue weighted by molar-refractivity contribution is 0.253. The zero-order valence-electron chi connectivity index (χ0n) is 9.89. The number of hydrogen-bond donors (Lipinski definition) is 0. The summed E-state index contributed by atoms with van der Waals surface area (Å²) in [5.74, 6) is -0.220. The van der Waals surface area contributed by atoms with Crippen molar-refractivity contribution in [2.75, 3.05) is 24.7 Å². The third-order valence-electron chi connectivity index (χ3n) is 2.71. The molecule has 1 aromatic rings. The molecule has 1 heterocycles. The molecule has 1 aliphatic rings. The number of hydrogen-bond acceptors (Lipinski definition) is 3. The van der Waals surface area contributed by atoms with Crippen molar-refractivity contribution in [3.63, 3.8) is 0 Å². The maximum absolute atomic E-state index is 13.2. The average Bonchev–Trinajstić information content (AvgIpc) is 2.39. The summed E-state index contributed by atoms with van der Waals surface area (Å²) in [6.45, 7) is 5.77. The molecule has 1 fully saturated rings. The van der Waals surface area contributed by atoms with E-state index in [4.69, 9.17) is 0 Å². The molecule has 0 aliphatic carbocycles. The molecule has 0 amide bonds. The van der Waals surface area contributed by atoms with Gasteiger partial charge in [-0.3, -0.25) is 5.01 Å². The van der Waals surface area contributed by atoms with Crippen LogP contribution in [0.15, 0.2) is 34.4 Å². The summed E-state index contributed by atoms with van der Waals surface area (Å²) in [4.78, 5) is 5.77. The Morgan fingerprint density at radius 1 is 1.39 bits per heavy atom. The lowest BCUT2D eigenvalue weighted by Crippen LogP contribution is -2.42. The maximum Gasteiger partial charge on any atom is 0.214 e. The van der Waals surface area contributed by atoms with Gasteiger partial charge in [0, 0.05) is 18.8 Å². The van der Waals surface area contributed by atoms with Crippen LogP contribution in [-0.2, 0) is 0 Å². The van der Waals surface area contributed by atoms with E-state index in [0.717, 1.165) is 25.2 Å². The average molecular weight is 313 g/mol. The van der Waals surface area contributed by atoms with Gasteiger partial charge in [-0.25, -0.2) is 9.38 Å². The van der Waals surface area contributed by atoms with Crippen molar-refractivity contribution in [3.8, 4) is 0 Å². The fraction of sp³-hybridized carbons (Fsp3) is 0.333. The zero-order valence-corrected chi connectivity index (χ0v) is 11.5. The Labute approximate surface area is 114 Å². The number of hydrazone groups is 1. The highest BCUT2D eigenvalue weighted by atomic mass is 79.9. The molecule has 0 aromatic heterocycles. The van der Waals surface area contributed by atoms with Crippen molar-refractivity contribution in [2.45, 2.75) is 6.42 Å². The first-order valence-corrected chi connectivity index (χ1v) is 6.44. The third kappa shape index (κ3) is 3.29. The van der Waals surface area contributed by atoms with Crippen LogP contribution in [0.3, 0.4) is 0 Å². The first-order valence-electron chi connectivity index (χ1n) is 5.65. The van der Waals surface area contributed by atoms with Crippen LogP contribution in [0.4, 0.5) is 10.1 Å².